The Morgan fingerprint density at radius 3 is 2.87 bits per heavy atom. The van der Waals surface area contributed by atoms with E-state index in [0.717, 1.165) is 84.8 Å². The molecule has 1 aliphatic carbocycles. The van der Waals surface area contributed by atoms with E-state index in [1.165, 1.54) is 22.4 Å². The van der Waals surface area contributed by atoms with Gasteiger partial charge in [0.15, 0.2) is 0 Å². The van der Waals surface area contributed by atoms with Gasteiger partial charge in [0.05, 0.1) is 25.1 Å². The van der Waals surface area contributed by atoms with E-state index in [2.05, 4.69) is 43.9 Å². The Balaban J connectivity index is 1.58. The van der Waals surface area contributed by atoms with Crippen LogP contribution in [0.2, 0.25) is 0 Å². The van der Waals surface area contributed by atoms with Gasteiger partial charge in [0.1, 0.15) is 16.4 Å². The molecule has 0 amide bonds. The van der Waals surface area contributed by atoms with Gasteiger partial charge in [-0.3, -0.25) is 4.90 Å². The van der Waals surface area contributed by atoms with Gasteiger partial charge < -0.3 is 9.47 Å². The van der Waals surface area contributed by atoms with Crippen molar-refractivity contribution in [2.45, 2.75) is 46.6 Å². The van der Waals surface area contributed by atoms with E-state index < -0.39 is 0 Å². The molecule has 6 heteroatoms. The summed E-state index contributed by atoms with van der Waals surface area (Å²) in [4.78, 5) is 14.8. The van der Waals surface area contributed by atoms with Crippen molar-refractivity contribution < 1.29 is 9.47 Å². The lowest BCUT2D eigenvalue weighted by atomic mass is 9.89. The van der Waals surface area contributed by atoms with Crippen LogP contribution in [0.15, 0.2) is 18.2 Å². The minimum absolute atomic E-state index is 0.726. The third-order valence-corrected chi connectivity index (χ3v) is 7.34. The van der Waals surface area contributed by atoms with E-state index in [4.69, 9.17) is 19.4 Å². The molecule has 0 saturated carbocycles. The number of thiophene rings is 1. The molecule has 5 nitrogen and oxygen atoms in total. The molecule has 1 saturated heterocycles. The molecule has 0 unspecified atom stereocenters. The lowest BCUT2D eigenvalue weighted by Crippen LogP contribution is -2.36. The van der Waals surface area contributed by atoms with Gasteiger partial charge in [0.25, 0.3) is 0 Å². The van der Waals surface area contributed by atoms with Crippen LogP contribution >= 0.6 is 11.3 Å². The van der Waals surface area contributed by atoms with Gasteiger partial charge in [0.2, 0.25) is 5.88 Å². The number of hydrogen-bond donors (Lipinski definition) is 0. The highest BCUT2D eigenvalue weighted by molar-refractivity contribution is 7.18. The molecule has 2 aromatic heterocycles. The standard InChI is InChI=1S/C24H29N3O2S/c1-15-4-6-17(3)19(12-15)29-23-22-18-7-5-16(2)13-20(18)30-24(22)26-21(25-23)14-27-8-10-28-11-9-27/h4,6,12,16H,5,7-11,13-14H2,1-3H3/t16-/m0/s1. The summed E-state index contributed by atoms with van der Waals surface area (Å²) in [6, 6.07) is 6.34. The van der Waals surface area contributed by atoms with E-state index in [1.54, 1.807) is 0 Å². The van der Waals surface area contributed by atoms with Gasteiger partial charge in [-0.15, -0.1) is 11.3 Å². The SMILES string of the molecule is Cc1ccc(C)c(Oc2nc(CN3CCOCC3)nc3sc4c(c23)CC[C@H](C)C4)c1. The van der Waals surface area contributed by atoms with E-state index in [0.29, 0.717) is 0 Å². The number of aromatic nitrogens is 2. The number of hydrogen-bond acceptors (Lipinski definition) is 6. The zero-order valence-electron chi connectivity index (χ0n) is 18.0. The number of ether oxygens (including phenoxy) is 2. The van der Waals surface area contributed by atoms with Crippen LogP contribution in [-0.4, -0.2) is 41.2 Å². The fourth-order valence-electron chi connectivity index (χ4n) is 4.38. The molecule has 5 rings (SSSR count). The number of morpholine rings is 1. The van der Waals surface area contributed by atoms with E-state index in [1.807, 2.05) is 11.3 Å². The average molecular weight is 424 g/mol. The lowest BCUT2D eigenvalue weighted by molar-refractivity contribution is 0.0330. The molecule has 1 aromatic carbocycles. The largest absolute Gasteiger partial charge is 0.438 e. The van der Waals surface area contributed by atoms with Crippen molar-refractivity contribution in [3.8, 4) is 11.6 Å². The summed E-state index contributed by atoms with van der Waals surface area (Å²) < 4.78 is 12.0. The number of nitrogens with zero attached hydrogens (tertiary/aromatic N) is 3. The second-order valence-electron chi connectivity index (χ2n) is 8.74. The minimum atomic E-state index is 0.726. The van der Waals surface area contributed by atoms with Crippen LogP contribution < -0.4 is 4.74 Å². The summed E-state index contributed by atoms with van der Waals surface area (Å²) in [7, 11) is 0. The molecule has 0 radical (unpaired) electrons. The molecule has 3 heterocycles. The highest BCUT2D eigenvalue weighted by Gasteiger charge is 2.25. The molecule has 158 valence electrons. The highest BCUT2D eigenvalue weighted by Crippen LogP contribution is 2.42. The van der Waals surface area contributed by atoms with Gasteiger partial charge in [-0.2, -0.15) is 4.98 Å². The van der Waals surface area contributed by atoms with E-state index in [-0.39, 0.29) is 0 Å². The fraction of sp³-hybridized carbons (Fsp3) is 0.500. The first-order chi connectivity index (χ1) is 14.6. The lowest BCUT2D eigenvalue weighted by Gasteiger charge is -2.25. The molecule has 1 atom stereocenters. The normalized spacial score (nSPS) is 19.8. The smallest absolute Gasteiger partial charge is 0.231 e. The van der Waals surface area contributed by atoms with Gasteiger partial charge in [-0.05, 0) is 61.8 Å². The minimum Gasteiger partial charge on any atom is -0.438 e. The van der Waals surface area contributed by atoms with Crippen molar-refractivity contribution in [3.63, 3.8) is 0 Å². The quantitative estimate of drug-likeness (QED) is 0.587. The molecule has 2 aliphatic rings. The van der Waals surface area contributed by atoms with Crippen molar-refractivity contribution in [2.75, 3.05) is 26.3 Å². The Hall–Kier alpha value is -2.02. The van der Waals surface area contributed by atoms with Crippen molar-refractivity contribution in [1.82, 2.24) is 14.9 Å². The summed E-state index contributed by atoms with van der Waals surface area (Å²) in [6.45, 7) is 10.7. The number of rotatable bonds is 4. The van der Waals surface area contributed by atoms with Crippen molar-refractivity contribution in [3.05, 3.63) is 45.6 Å². The Morgan fingerprint density at radius 2 is 2.03 bits per heavy atom. The summed E-state index contributed by atoms with van der Waals surface area (Å²) in [6.07, 6.45) is 3.45. The molecular formula is C24H29N3O2S. The fourth-order valence-corrected chi connectivity index (χ4v) is 5.77. The Kier molecular flexibility index (Phi) is 5.48. The molecule has 0 bridgehead atoms. The monoisotopic (exact) mass is 423 g/mol. The number of benzene rings is 1. The second-order valence-corrected chi connectivity index (χ2v) is 9.82. The molecule has 1 fully saturated rings. The van der Waals surface area contributed by atoms with Gasteiger partial charge in [-0.1, -0.05) is 19.1 Å². The van der Waals surface area contributed by atoms with Crippen LogP contribution in [0.5, 0.6) is 11.6 Å². The van der Waals surface area contributed by atoms with Crippen molar-refractivity contribution >= 4 is 21.6 Å². The summed E-state index contributed by atoms with van der Waals surface area (Å²) in [5.41, 5.74) is 3.72. The predicted molar refractivity (Wildman–Crippen MR) is 121 cm³/mol. The van der Waals surface area contributed by atoms with Crippen molar-refractivity contribution in [1.29, 1.82) is 0 Å². The Labute approximate surface area is 182 Å². The molecule has 0 spiro atoms. The van der Waals surface area contributed by atoms with Crippen LogP contribution in [-0.2, 0) is 24.1 Å². The first-order valence-electron chi connectivity index (χ1n) is 10.9. The Bertz CT molecular complexity index is 1070. The maximum Gasteiger partial charge on any atom is 0.231 e. The van der Waals surface area contributed by atoms with E-state index in [9.17, 15) is 0 Å². The number of aryl methyl sites for hydroxylation is 3. The third kappa shape index (κ3) is 3.96. The summed E-state index contributed by atoms with van der Waals surface area (Å²) in [5, 5.41) is 1.13. The van der Waals surface area contributed by atoms with E-state index >= 15 is 0 Å². The molecule has 0 N–H and O–H groups in total. The third-order valence-electron chi connectivity index (χ3n) is 6.19. The Morgan fingerprint density at radius 1 is 1.20 bits per heavy atom. The summed E-state index contributed by atoms with van der Waals surface area (Å²) in [5.74, 6) is 3.19. The van der Waals surface area contributed by atoms with Crippen molar-refractivity contribution in [2.24, 2.45) is 5.92 Å². The average Bonchev–Trinajstić information content (AvgIpc) is 3.09. The molecular weight excluding hydrogens is 394 g/mol. The summed E-state index contributed by atoms with van der Waals surface area (Å²) >= 11 is 1.84. The first kappa shape index (κ1) is 19.9. The zero-order valence-corrected chi connectivity index (χ0v) is 18.8. The van der Waals surface area contributed by atoms with Gasteiger partial charge in [-0.25, -0.2) is 4.98 Å². The van der Waals surface area contributed by atoms with Crippen LogP contribution in [0.1, 0.15) is 40.7 Å². The maximum absolute atomic E-state index is 6.50. The molecule has 3 aromatic rings. The topological polar surface area (TPSA) is 47.5 Å². The first-order valence-corrected chi connectivity index (χ1v) is 11.7. The zero-order chi connectivity index (χ0) is 20.7. The number of fused-ring (bicyclic) bond motifs is 3. The molecule has 1 aliphatic heterocycles. The second kappa shape index (κ2) is 8.25. The highest BCUT2D eigenvalue weighted by atomic mass is 32.1. The van der Waals surface area contributed by atoms with Crippen LogP contribution in [0.4, 0.5) is 0 Å². The van der Waals surface area contributed by atoms with Crippen LogP contribution in [0.25, 0.3) is 10.2 Å². The maximum atomic E-state index is 6.50. The van der Waals surface area contributed by atoms with Gasteiger partial charge >= 0.3 is 0 Å². The predicted octanol–water partition coefficient (Wildman–Crippen LogP) is 5.06. The van der Waals surface area contributed by atoms with Gasteiger partial charge in [0, 0.05) is 18.0 Å². The van der Waals surface area contributed by atoms with Crippen LogP contribution in [0, 0.1) is 19.8 Å². The molecule has 30 heavy (non-hydrogen) atoms. The van der Waals surface area contributed by atoms with Crippen LogP contribution in [0.3, 0.4) is 0 Å².